The number of nitrogen functional groups attached to an aromatic ring is 1. The molecular formula is C82H82BBr2Cl6N27O10. The van der Waals surface area contributed by atoms with E-state index < -0.39 is 37.3 Å². The van der Waals surface area contributed by atoms with Crippen molar-refractivity contribution < 1.29 is 47.5 Å². The average molecular weight is 1990 g/mol. The van der Waals surface area contributed by atoms with Crippen molar-refractivity contribution in [2.24, 2.45) is 39.2 Å². The van der Waals surface area contributed by atoms with Crippen molar-refractivity contribution in [2.45, 2.75) is 137 Å². The number of fused-ring (bicyclic) bond motifs is 8. The number of rotatable bonds is 15. The molecule has 1 aliphatic carbocycles. The number of aromatic nitrogens is 18. The Labute approximate surface area is 778 Å². The third-order valence-electron chi connectivity index (χ3n) is 20.9. The summed E-state index contributed by atoms with van der Waals surface area (Å²) in [6.07, 6.45) is 25.1. The summed E-state index contributed by atoms with van der Waals surface area (Å²) in [5.74, 6) is 3.15. The van der Waals surface area contributed by atoms with Crippen LogP contribution in [-0.2, 0) is 78.5 Å². The average Bonchev–Trinajstić information content (AvgIpc) is 1.62. The zero-order valence-corrected chi connectivity index (χ0v) is 77.3. The first-order valence-electron chi connectivity index (χ1n) is 39.7. The molecule has 4 amide bonds. The Kier molecular flexibility index (Phi) is 30.4. The van der Waals surface area contributed by atoms with Crippen LogP contribution < -0.4 is 28.5 Å². The first-order chi connectivity index (χ1) is 61.2. The summed E-state index contributed by atoms with van der Waals surface area (Å²) in [7, 11) is -0.394. The first-order valence-corrected chi connectivity index (χ1v) is 43.5. The van der Waals surface area contributed by atoms with Gasteiger partial charge in [0.1, 0.15) is 42.4 Å². The van der Waals surface area contributed by atoms with Crippen LogP contribution in [0, 0.1) is 12.5 Å². The molecule has 2 aromatic carbocycles. The number of hydrogen-bond donors (Lipinski definition) is 5. The highest BCUT2D eigenvalue weighted by Gasteiger charge is 2.53. The number of benzene rings is 2. The van der Waals surface area contributed by atoms with E-state index in [1.54, 1.807) is 133 Å². The van der Waals surface area contributed by atoms with Gasteiger partial charge in [-0.05, 0) is 156 Å². The number of nitrogens with zero attached hydrogens (tertiary/aromatic N) is 22. The van der Waals surface area contributed by atoms with Crippen LogP contribution in [0.3, 0.4) is 0 Å². The van der Waals surface area contributed by atoms with E-state index in [0.717, 1.165) is 106 Å². The van der Waals surface area contributed by atoms with Gasteiger partial charge in [-0.2, -0.15) is 25.5 Å². The molecule has 6 aliphatic rings. The predicted octanol–water partition coefficient (Wildman–Crippen LogP) is 14.0. The van der Waals surface area contributed by atoms with Gasteiger partial charge in [-0.3, -0.25) is 61.5 Å². The van der Waals surface area contributed by atoms with Crippen LogP contribution in [0.15, 0.2) is 159 Å². The van der Waals surface area contributed by atoms with Gasteiger partial charge in [0.15, 0.2) is 28.3 Å². The predicted molar refractivity (Wildman–Crippen MR) is 490 cm³/mol. The molecule has 9 N–H and O–H groups in total. The van der Waals surface area contributed by atoms with Gasteiger partial charge in [0.2, 0.25) is 5.91 Å². The minimum atomic E-state index is -0.845. The molecule has 1 fully saturated rings. The normalized spacial score (nSPS) is 15.4. The number of hydrogen-bond acceptors (Lipinski definition) is 25. The molecule has 664 valence electrons. The summed E-state index contributed by atoms with van der Waals surface area (Å²) in [6, 6.07) is 19.3. The topological polar surface area (TPSA) is 454 Å². The van der Waals surface area contributed by atoms with Crippen LogP contribution in [0.25, 0.3) is 61.2 Å². The summed E-state index contributed by atoms with van der Waals surface area (Å²) in [6.45, 7) is 22.9. The Bertz CT molecular complexity index is 6380. The minimum Gasteiger partial charge on any atom is -0.410 e. The number of halogens is 8. The second kappa shape index (κ2) is 41.3. The fourth-order valence-corrected chi connectivity index (χ4v) is 16.8. The lowest BCUT2D eigenvalue weighted by Gasteiger charge is -2.32. The number of pyridine rings is 4. The van der Waals surface area contributed by atoms with Gasteiger partial charge in [-0.25, -0.2) is 4.85 Å². The van der Waals surface area contributed by atoms with E-state index in [2.05, 4.69) is 113 Å². The number of allylic oxidation sites excluding steroid dienone is 4. The summed E-state index contributed by atoms with van der Waals surface area (Å²) in [4.78, 5) is 64.7. The maximum atomic E-state index is 12.9. The Balaban J connectivity index is 0.000000133. The third kappa shape index (κ3) is 21.6. The smallest absolute Gasteiger partial charge is 0.410 e. The van der Waals surface area contributed by atoms with Gasteiger partial charge < -0.3 is 51.0 Å². The number of carbonyl (C=O) groups is 5. The fourth-order valence-electron chi connectivity index (χ4n) is 14.2. The molecule has 0 spiro atoms. The molecule has 37 nitrogen and oxygen atoms in total. The van der Waals surface area contributed by atoms with Crippen molar-refractivity contribution in [2.75, 3.05) is 25.2 Å². The van der Waals surface area contributed by atoms with Crippen LogP contribution in [0.5, 0.6) is 0 Å². The quantitative estimate of drug-likeness (QED) is 0.0159. The Morgan fingerprint density at radius 3 is 1.48 bits per heavy atom. The number of nitrogens with one attached hydrogen (secondary N) is 1. The van der Waals surface area contributed by atoms with Crippen molar-refractivity contribution >= 4 is 184 Å². The second-order valence-electron chi connectivity index (χ2n) is 30.0. The van der Waals surface area contributed by atoms with Gasteiger partial charge >= 0.3 is 19.6 Å². The van der Waals surface area contributed by atoms with Gasteiger partial charge in [0.25, 0.3) is 17.7 Å². The molecule has 11 aromatic heterocycles. The number of carbonyl (C=O) groups excluding carboxylic acids is 5. The number of ether oxygens (including phenoxy) is 3. The van der Waals surface area contributed by atoms with E-state index in [1.165, 1.54) is 13.3 Å². The molecule has 13 aromatic rings. The maximum absolute atomic E-state index is 12.9. The van der Waals surface area contributed by atoms with Crippen molar-refractivity contribution in [1.29, 1.82) is 0 Å². The lowest BCUT2D eigenvalue weighted by Crippen LogP contribution is -2.41. The molecule has 1 unspecified atom stereocenters. The number of esters is 1. The van der Waals surface area contributed by atoms with Gasteiger partial charge in [-0.1, -0.05) is 116 Å². The highest BCUT2D eigenvalue weighted by molar-refractivity contribution is 9.10. The number of nitrogens with two attached hydrogens (primary N) is 4. The number of amides is 4. The molecule has 46 heteroatoms. The first kappa shape index (κ1) is 94.2. The number of primary amides is 3. The molecule has 16 heterocycles. The second-order valence-corrected chi connectivity index (χ2v) is 34.3. The highest BCUT2D eigenvalue weighted by atomic mass is 79.9. The van der Waals surface area contributed by atoms with Gasteiger partial charge in [-0.15, -0.1) is 40.8 Å². The van der Waals surface area contributed by atoms with Crippen molar-refractivity contribution in [3.05, 3.63) is 224 Å². The summed E-state index contributed by atoms with van der Waals surface area (Å²) in [5, 5.41) is 55.6. The number of aryl methyl sites for hydroxylation is 2. The van der Waals surface area contributed by atoms with E-state index in [4.69, 9.17) is 118 Å². The van der Waals surface area contributed by atoms with Crippen molar-refractivity contribution in [1.82, 2.24) is 92.6 Å². The standard InChI is InChI=1S/C22H17ClN8O2.2C14H13ClN6O.C13H16BClN2O2.C7H14O4.C6H3BrClN3.C6H6BrClN2/c1-25-15-4-2-13(3-5-15)8-18(32)29-6-7-31-17(11-29)19(21(24)33)20(28-31)14-9-16(23)22-27-26-12-30(22)10-14;2*15-9-5-8(6-20-7-17-18-14(9)20)12-11(13(16)22)10-3-1-2-4-21(10)19-12;1-12(2)13(3,4)19-14(18-12)9-5-8-7-16-17-11(8)10(15)6-9;1-4-9-7(10-5-2)11-6(3)8;7-4-1-5(8)6-10-9-3-11(6)2-4;7-4-1-2-6(10-9)5(8)3-4/h2-5,9-10,12H,6-8,11H2,(H2,24,33);2*5-7H,1-4H2,(H2,16,22);5-8H,1-4H3;7H,4-5H2,1-3H3;1-3H;1-3,10H,9H2. The zero-order chi connectivity index (χ0) is 91.6. The Morgan fingerprint density at radius 2 is 1.04 bits per heavy atom. The molecule has 0 radical (unpaired) electrons. The summed E-state index contributed by atoms with van der Waals surface area (Å²) < 4.78 is 40.7. The number of hydrazine groups is 1. The SMILES string of the molecule is CC1(C)OB(C2=CC3C=NN=C3C(Cl)=C2)OC1(C)C.CCOC(OCC)OC(C)=O.Clc1cc(Br)cn2cnnc12.NC(=O)c1c(-c2cc(Cl)c3nncn3c2)nn2c1CCCC2.NC(=O)c1c(-c2cc(Cl)c3nncn3c2)nn2c1CCCC2.NNc1ccc(Br)cc1Cl.[C-]#[N+]c1ccc(CC(=O)N2CCn3nc(-c4cc(Cl)c5nncn5c4)c(C(N)=O)c3C2)cc1. The zero-order valence-electron chi connectivity index (χ0n) is 69.6. The molecule has 19 rings (SSSR count). The Morgan fingerprint density at radius 1 is 0.594 bits per heavy atom. The molecule has 5 aliphatic heterocycles. The molecule has 1 atom stereocenters. The summed E-state index contributed by atoms with van der Waals surface area (Å²) >= 11 is 43.2. The van der Waals surface area contributed by atoms with Crippen LogP contribution in [0.1, 0.15) is 128 Å². The molecule has 0 saturated carbocycles. The third-order valence-corrected chi connectivity index (χ3v) is 23.6. The fraction of sp³-hybridized carbons (Fsp3) is 0.305. The van der Waals surface area contributed by atoms with Crippen molar-refractivity contribution in [3.8, 4) is 33.8 Å². The lowest BCUT2D eigenvalue weighted by atomic mass is 9.73. The van der Waals surface area contributed by atoms with E-state index in [-0.39, 0.29) is 41.6 Å². The van der Waals surface area contributed by atoms with Crippen LogP contribution in [-0.4, -0.2) is 179 Å². The van der Waals surface area contributed by atoms with Crippen LogP contribution in [0.2, 0.25) is 25.1 Å². The van der Waals surface area contributed by atoms with Crippen molar-refractivity contribution in [3.63, 3.8) is 0 Å². The molecular weight excluding hydrogens is 1910 g/mol. The highest BCUT2D eigenvalue weighted by Crippen LogP contribution is 2.42. The van der Waals surface area contributed by atoms with Crippen LogP contribution in [0.4, 0.5) is 11.4 Å². The number of anilines is 1. The molecule has 0 bridgehead atoms. The van der Waals surface area contributed by atoms with E-state index in [0.29, 0.717) is 124 Å². The maximum Gasteiger partial charge on any atom is 0.494 e. The monoisotopic (exact) mass is 1980 g/mol. The minimum absolute atomic E-state index is 0.0338. The van der Waals surface area contributed by atoms with Crippen LogP contribution >= 0.6 is 101 Å². The molecule has 1 saturated heterocycles. The largest absolute Gasteiger partial charge is 0.494 e. The molecule has 128 heavy (non-hydrogen) atoms. The van der Waals surface area contributed by atoms with E-state index >= 15 is 0 Å². The summed E-state index contributed by atoms with van der Waals surface area (Å²) in [5.41, 5.74) is 32.0. The Hall–Kier alpha value is -11.4. The lowest BCUT2D eigenvalue weighted by molar-refractivity contribution is -0.271. The van der Waals surface area contributed by atoms with Gasteiger partial charge in [0.05, 0.1) is 132 Å². The van der Waals surface area contributed by atoms with E-state index in [1.807, 2.05) is 73.9 Å². The van der Waals surface area contributed by atoms with E-state index in [9.17, 15) is 24.0 Å². The van der Waals surface area contributed by atoms with Gasteiger partial charge in [0, 0.05) is 83.2 Å².